The number of piperidine rings is 1. The minimum atomic E-state index is 0.387. The van der Waals surface area contributed by atoms with Gasteiger partial charge >= 0.3 is 0 Å². The molecule has 0 N–H and O–H groups in total. The Hall–Kier alpha value is -0.530. The van der Waals surface area contributed by atoms with Gasteiger partial charge in [-0.05, 0) is 42.4 Å². The molecule has 0 aromatic rings. The molecule has 0 saturated carbocycles. The van der Waals surface area contributed by atoms with E-state index in [1.54, 1.807) is 0 Å². The average Bonchev–Trinajstić information content (AvgIpc) is 2.36. The number of likely N-dealkylation sites (tertiary alicyclic amines) is 1. The van der Waals surface area contributed by atoms with Crippen LogP contribution in [0, 0.1) is 16.7 Å². The standard InChI is InChI=1S/C19H37NO/c1-18(2,3)13-9-7-8-10-17(21)20-14-11-16(12-15-20)19(4,5)6/h16H,7-15H2,1-6H3. The Labute approximate surface area is 132 Å². The summed E-state index contributed by atoms with van der Waals surface area (Å²) in [5.74, 6) is 1.16. The average molecular weight is 296 g/mol. The Kier molecular flexibility index (Phi) is 6.74. The van der Waals surface area contributed by atoms with Crippen molar-refractivity contribution < 1.29 is 4.79 Å². The molecule has 0 aromatic carbocycles. The van der Waals surface area contributed by atoms with Gasteiger partial charge in [-0.15, -0.1) is 0 Å². The van der Waals surface area contributed by atoms with Gasteiger partial charge in [0.2, 0.25) is 5.91 Å². The highest BCUT2D eigenvalue weighted by molar-refractivity contribution is 5.76. The number of carbonyl (C=O) groups is 1. The van der Waals surface area contributed by atoms with E-state index in [1.165, 1.54) is 32.1 Å². The fraction of sp³-hybridized carbons (Fsp3) is 0.947. The molecule has 124 valence electrons. The summed E-state index contributed by atoms with van der Waals surface area (Å²) in [6, 6.07) is 0. The summed E-state index contributed by atoms with van der Waals surface area (Å²) in [6.45, 7) is 15.8. The van der Waals surface area contributed by atoms with Crippen molar-refractivity contribution in [2.75, 3.05) is 13.1 Å². The van der Waals surface area contributed by atoms with Gasteiger partial charge in [0.1, 0.15) is 0 Å². The Morgan fingerprint density at radius 1 is 0.952 bits per heavy atom. The first kappa shape index (κ1) is 18.5. The molecule has 1 rings (SSSR count). The number of amides is 1. The highest BCUT2D eigenvalue weighted by Crippen LogP contribution is 2.34. The Balaban J connectivity index is 2.17. The monoisotopic (exact) mass is 295 g/mol. The van der Waals surface area contributed by atoms with Crippen LogP contribution in [-0.2, 0) is 4.79 Å². The number of hydrogen-bond donors (Lipinski definition) is 0. The first-order chi connectivity index (χ1) is 9.59. The van der Waals surface area contributed by atoms with Gasteiger partial charge in [-0.3, -0.25) is 4.79 Å². The van der Waals surface area contributed by atoms with E-state index in [2.05, 4.69) is 46.4 Å². The molecule has 0 aliphatic carbocycles. The van der Waals surface area contributed by atoms with Gasteiger partial charge in [-0.25, -0.2) is 0 Å². The van der Waals surface area contributed by atoms with Crippen LogP contribution in [-0.4, -0.2) is 23.9 Å². The number of rotatable bonds is 5. The minimum absolute atomic E-state index is 0.387. The van der Waals surface area contributed by atoms with Crippen LogP contribution in [0.1, 0.15) is 86.5 Å². The smallest absolute Gasteiger partial charge is 0.222 e. The molecule has 0 spiro atoms. The van der Waals surface area contributed by atoms with E-state index in [-0.39, 0.29) is 0 Å². The number of nitrogens with zero attached hydrogens (tertiary/aromatic N) is 1. The van der Waals surface area contributed by atoms with E-state index in [4.69, 9.17) is 0 Å². The van der Waals surface area contributed by atoms with Gasteiger partial charge in [-0.2, -0.15) is 0 Å². The molecule has 1 saturated heterocycles. The van der Waals surface area contributed by atoms with E-state index in [0.29, 0.717) is 16.7 Å². The first-order valence-corrected chi connectivity index (χ1v) is 8.87. The molecule has 1 amide bonds. The Morgan fingerprint density at radius 2 is 1.52 bits per heavy atom. The third kappa shape index (κ3) is 7.33. The summed E-state index contributed by atoms with van der Waals surface area (Å²) in [5.41, 5.74) is 0.820. The summed E-state index contributed by atoms with van der Waals surface area (Å²) >= 11 is 0. The molecule has 1 heterocycles. The zero-order chi connectivity index (χ0) is 16.1. The second kappa shape index (κ2) is 7.65. The molecule has 0 aromatic heterocycles. The molecule has 0 atom stereocenters. The van der Waals surface area contributed by atoms with Gasteiger partial charge in [0.05, 0.1) is 0 Å². The molecule has 21 heavy (non-hydrogen) atoms. The van der Waals surface area contributed by atoms with Crippen LogP contribution >= 0.6 is 0 Å². The van der Waals surface area contributed by atoms with E-state index in [9.17, 15) is 4.79 Å². The summed E-state index contributed by atoms with van der Waals surface area (Å²) in [4.78, 5) is 14.3. The lowest BCUT2D eigenvalue weighted by atomic mass is 9.75. The van der Waals surface area contributed by atoms with Crippen molar-refractivity contribution in [3.63, 3.8) is 0 Å². The van der Waals surface area contributed by atoms with E-state index >= 15 is 0 Å². The quantitative estimate of drug-likeness (QED) is 0.633. The third-order valence-corrected chi connectivity index (χ3v) is 4.89. The minimum Gasteiger partial charge on any atom is -0.343 e. The molecule has 2 nitrogen and oxygen atoms in total. The van der Waals surface area contributed by atoms with E-state index < -0.39 is 0 Å². The van der Waals surface area contributed by atoms with Crippen LogP contribution in [0.25, 0.3) is 0 Å². The molecule has 1 aliphatic rings. The molecule has 2 heteroatoms. The Bertz CT molecular complexity index is 313. The molecule has 0 radical (unpaired) electrons. The van der Waals surface area contributed by atoms with E-state index in [0.717, 1.165) is 31.8 Å². The number of carbonyl (C=O) groups excluding carboxylic acids is 1. The lowest BCUT2D eigenvalue weighted by molar-refractivity contribution is -0.133. The summed E-state index contributed by atoms with van der Waals surface area (Å²) in [5, 5.41) is 0. The fourth-order valence-electron chi connectivity index (χ4n) is 3.26. The maximum atomic E-state index is 12.2. The van der Waals surface area contributed by atoms with Crippen molar-refractivity contribution in [2.45, 2.75) is 86.5 Å². The van der Waals surface area contributed by atoms with E-state index in [1.807, 2.05) is 0 Å². The third-order valence-electron chi connectivity index (χ3n) is 4.89. The van der Waals surface area contributed by atoms with Gasteiger partial charge in [-0.1, -0.05) is 54.4 Å². The van der Waals surface area contributed by atoms with Gasteiger partial charge in [0, 0.05) is 19.5 Å². The normalized spacial score (nSPS) is 18.1. The second-order valence-corrected chi connectivity index (χ2v) is 9.14. The maximum Gasteiger partial charge on any atom is 0.222 e. The first-order valence-electron chi connectivity index (χ1n) is 8.87. The molecular weight excluding hydrogens is 258 g/mol. The van der Waals surface area contributed by atoms with Crippen LogP contribution < -0.4 is 0 Å². The molecule has 1 fully saturated rings. The molecule has 1 aliphatic heterocycles. The van der Waals surface area contributed by atoms with Crippen LogP contribution in [0.5, 0.6) is 0 Å². The van der Waals surface area contributed by atoms with Gasteiger partial charge < -0.3 is 4.90 Å². The van der Waals surface area contributed by atoms with Crippen molar-refractivity contribution in [3.8, 4) is 0 Å². The van der Waals surface area contributed by atoms with Crippen LogP contribution in [0.2, 0.25) is 0 Å². The largest absolute Gasteiger partial charge is 0.343 e. The number of hydrogen-bond acceptors (Lipinski definition) is 1. The predicted molar refractivity (Wildman–Crippen MR) is 91.3 cm³/mol. The Morgan fingerprint density at radius 3 is 2.00 bits per heavy atom. The topological polar surface area (TPSA) is 20.3 Å². The lowest BCUT2D eigenvalue weighted by Crippen LogP contribution is -2.41. The van der Waals surface area contributed by atoms with Gasteiger partial charge in [0.25, 0.3) is 0 Å². The highest BCUT2D eigenvalue weighted by atomic mass is 16.2. The van der Waals surface area contributed by atoms with Crippen molar-refractivity contribution in [1.82, 2.24) is 4.90 Å². The predicted octanol–water partition coefficient (Wildman–Crippen LogP) is 5.27. The summed E-state index contributed by atoms with van der Waals surface area (Å²) in [6.07, 6.45) is 7.89. The summed E-state index contributed by atoms with van der Waals surface area (Å²) in [7, 11) is 0. The van der Waals surface area contributed by atoms with Crippen LogP contribution in [0.4, 0.5) is 0 Å². The van der Waals surface area contributed by atoms with Crippen LogP contribution in [0.3, 0.4) is 0 Å². The molecule has 0 unspecified atom stereocenters. The summed E-state index contributed by atoms with van der Waals surface area (Å²) < 4.78 is 0. The second-order valence-electron chi connectivity index (χ2n) is 9.14. The molecular formula is C19H37NO. The highest BCUT2D eigenvalue weighted by Gasteiger charge is 2.30. The van der Waals surface area contributed by atoms with Crippen molar-refractivity contribution in [2.24, 2.45) is 16.7 Å². The van der Waals surface area contributed by atoms with Crippen molar-refractivity contribution in [3.05, 3.63) is 0 Å². The number of unbranched alkanes of at least 4 members (excludes halogenated alkanes) is 2. The lowest BCUT2D eigenvalue weighted by Gasteiger charge is -2.38. The zero-order valence-electron chi connectivity index (χ0n) is 15.3. The molecule has 0 bridgehead atoms. The fourth-order valence-corrected chi connectivity index (χ4v) is 3.26. The maximum absolute atomic E-state index is 12.2. The van der Waals surface area contributed by atoms with Gasteiger partial charge in [0.15, 0.2) is 0 Å². The van der Waals surface area contributed by atoms with Crippen molar-refractivity contribution in [1.29, 1.82) is 0 Å². The SMILES string of the molecule is CC(C)(C)CCCCCC(=O)N1CCC(C(C)(C)C)CC1. The van der Waals surface area contributed by atoms with Crippen LogP contribution in [0.15, 0.2) is 0 Å². The zero-order valence-corrected chi connectivity index (χ0v) is 15.3. The van der Waals surface area contributed by atoms with Crippen molar-refractivity contribution >= 4 is 5.91 Å².